The lowest BCUT2D eigenvalue weighted by atomic mass is 10.2. The second-order valence-electron chi connectivity index (χ2n) is 4.52. The molecule has 0 aliphatic heterocycles. The van der Waals surface area contributed by atoms with Crippen LogP contribution in [0.5, 0.6) is 0 Å². The van der Waals surface area contributed by atoms with Gasteiger partial charge in [0, 0.05) is 6.04 Å². The maximum Gasteiger partial charge on any atom is 0.258 e. The molecule has 0 fully saturated rings. The highest BCUT2D eigenvalue weighted by atomic mass is 32.2. The van der Waals surface area contributed by atoms with Gasteiger partial charge in [0.2, 0.25) is 0 Å². The van der Waals surface area contributed by atoms with Crippen LogP contribution in [0.1, 0.15) is 19.4 Å². The standard InChI is InChI=1S/C13H14N4O2S/c1-10(2)16-20(18,19)13-7-8-15-17(13)12-5-3-11(9-14)4-6-12/h3-8,10,16H,1-2H3. The van der Waals surface area contributed by atoms with Gasteiger partial charge < -0.3 is 0 Å². The van der Waals surface area contributed by atoms with Crippen molar-refractivity contribution in [3.63, 3.8) is 0 Å². The maximum atomic E-state index is 12.2. The first-order valence-corrected chi connectivity index (χ1v) is 7.49. The first kappa shape index (κ1) is 14.2. The Kier molecular flexibility index (Phi) is 3.88. The molecule has 1 aromatic heterocycles. The lowest BCUT2D eigenvalue weighted by molar-refractivity contribution is 0.560. The van der Waals surface area contributed by atoms with Crippen molar-refractivity contribution < 1.29 is 8.42 Å². The molecule has 6 nitrogen and oxygen atoms in total. The minimum atomic E-state index is -3.63. The highest BCUT2D eigenvalue weighted by Crippen LogP contribution is 2.16. The van der Waals surface area contributed by atoms with Crippen molar-refractivity contribution in [1.29, 1.82) is 5.26 Å². The molecule has 0 unspecified atom stereocenters. The third kappa shape index (κ3) is 2.87. The Morgan fingerprint density at radius 2 is 1.90 bits per heavy atom. The number of benzene rings is 1. The summed E-state index contributed by atoms with van der Waals surface area (Å²) in [5, 5.41) is 12.9. The molecule has 0 radical (unpaired) electrons. The third-order valence-corrected chi connectivity index (χ3v) is 4.16. The summed E-state index contributed by atoms with van der Waals surface area (Å²) in [6.07, 6.45) is 1.42. The van der Waals surface area contributed by atoms with Gasteiger partial charge in [-0.2, -0.15) is 10.4 Å². The second kappa shape index (κ2) is 5.45. The lowest BCUT2D eigenvalue weighted by Crippen LogP contribution is -2.31. The van der Waals surface area contributed by atoms with Gasteiger partial charge in [-0.25, -0.2) is 17.8 Å². The number of hydrogen-bond donors (Lipinski definition) is 1. The van der Waals surface area contributed by atoms with Gasteiger partial charge in [0.15, 0.2) is 5.03 Å². The van der Waals surface area contributed by atoms with Gasteiger partial charge >= 0.3 is 0 Å². The average molecular weight is 290 g/mol. The monoisotopic (exact) mass is 290 g/mol. The van der Waals surface area contributed by atoms with Crippen molar-refractivity contribution in [3.8, 4) is 11.8 Å². The molecule has 0 aliphatic rings. The van der Waals surface area contributed by atoms with E-state index in [1.807, 2.05) is 6.07 Å². The molecule has 0 spiro atoms. The zero-order valence-electron chi connectivity index (χ0n) is 11.1. The highest BCUT2D eigenvalue weighted by molar-refractivity contribution is 7.89. The molecular weight excluding hydrogens is 276 g/mol. The molecule has 0 saturated carbocycles. The molecular formula is C13H14N4O2S. The molecule has 20 heavy (non-hydrogen) atoms. The van der Waals surface area contributed by atoms with E-state index in [0.717, 1.165) is 0 Å². The SMILES string of the molecule is CC(C)NS(=O)(=O)c1ccnn1-c1ccc(C#N)cc1. The van der Waals surface area contributed by atoms with Gasteiger partial charge in [0.1, 0.15) is 0 Å². The Hall–Kier alpha value is -2.17. The molecule has 1 heterocycles. The maximum absolute atomic E-state index is 12.2. The number of nitrogens with one attached hydrogen (secondary N) is 1. The Bertz CT molecular complexity index is 739. The van der Waals surface area contributed by atoms with Crippen LogP contribution in [0.15, 0.2) is 41.6 Å². The number of hydrogen-bond acceptors (Lipinski definition) is 4. The zero-order valence-corrected chi connectivity index (χ0v) is 11.9. The predicted octanol–water partition coefficient (Wildman–Crippen LogP) is 1.43. The van der Waals surface area contributed by atoms with Crippen molar-refractivity contribution in [2.75, 3.05) is 0 Å². The van der Waals surface area contributed by atoms with Gasteiger partial charge in [0.05, 0.1) is 23.5 Å². The summed E-state index contributed by atoms with van der Waals surface area (Å²) in [6, 6.07) is 9.77. The zero-order chi connectivity index (χ0) is 14.8. The van der Waals surface area contributed by atoms with Crippen LogP contribution >= 0.6 is 0 Å². The average Bonchev–Trinajstić information content (AvgIpc) is 2.87. The molecule has 2 rings (SSSR count). The van der Waals surface area contributed by atoms with E-state index in [4.69, 9.17) is 5.26 Å². The van der Waals surface area contributed by atoms with Crippen LogP contribution in [-0.2, 0) is 10.0 Å². The number of nitriles is 1. The van der Waals surface area contributed by atoms with Crippen molar-refractivity contribution in [1.82, 2.24) is 14.5 Å². The van der Waals surface area contributed by atoms with Crippen LogP contribution in [0, 0.1) is 11.3 Å². The topological polar surface area (TPSA) is 87.8 Å². The Morgan fingerprint density at radius 3 is 2.45 bits per heavy atom. The van der Waals surface area contributed by atoms with E-state index in [0.29, 0.717) is 11.3 Å². The molecule has 104 valence electrons. The van der Waals surface area contributed by atoms with Crippen LogP contribution in [0.4, 0.5) is 0 Å². The van der Waals surface area contributed by atoms with Crippen LogP contribution in [0.25, 0.3) is 5.69 Å². The van der Waals surface area contributed by atoms with Crippen LogP contribution < -0.4 is 4.72 Å². The molecule has 0 amide bonds. The minimum absolute atomic E-state index is 0.0657. The fourth-order valence-corrected chi connectivity index (χ4v) is 3.10. The fraction of sp³-hybridized carbons (Fsp3) is 0.231. The van der Waals surface area contributed by atoms with Crippen LogP contribution in [0.3, 0.4) is 0 Å². The number of rotatable bonds is 4. The van der Waals surface area contributed by atoms with Gasteiger partial charge in [0.25, 0.3) is 10.0 Å². The highest BCUT2D eigenvalue weighted by Gasteiger charge is 2.21. The summed E-state index contributed by atoms with van der Waals surface area (Å²) in [5.41, 5.74) is 1.09. The summed E-state index contributed by atoms with van der Waals surface area (Å²) in [4.78, 5) is 0. The molecule has 7 heteroatoms. The molecule has 0 saturated heterocycles. The predicted molar refractivity (Wildman–Crippen MR) is 73.7 cm³/mol. The van der Waals surface area contributed by atoms with E-state index in [1.165, 1.54) is 16.9 Å². The van der Waals surface area contributed by atoms with Crippen molar-refractivity contribution in [2.24, 2.45) is 0 Å². The number of sulfonamides is 1. The summed E-state index contributed by atoms with van der Waals surface area (Å²) in [5.74, 6) is 0. The summed E-state index contributed by atoms with van der Waals surface area (Å²) < 4.78 is 28.2. The van der Waals surface area contributed by atoms with Crippen molar-refractivity contribution >= 4 is 10.0 Å². The smallest absolute Gasteiger partial charge is 0.221 e. The van der Waals surface area contributed by atoms with Crippen molar-refractivity contribution in [2.45, 2.75) is 24.9 Å². The van der Waals surface area contributed by atoms with E-state index in [2.05, 4.69) is 9.82 Å². The number of aromatic nitrogens is 2. The molecule has 0 aliphatic carbocycles. The van der Waals surface area contributed by atoms with Gasteiger partial charge in [-0.05, 0) is 44.2 Å². The molecule has 0 bridgehead atoms. The van der Waals surface area contributed by atoms with E-state index in [9.17, 15) is 8.42 Å². The first-order chi connectivity index (χ1) is 9.44. The Morgan fingerprint density at radius 1 is 1.25 bits per heavy atom. The Labute approximate surface area is 117 Å². The molecule has 1 N–H and O–H groups in total. The van der Waals surface area contributed by atoms with Crippen LogP contribution in [0.2, 0.25) is 0 Å². The largest absolute Gasteiger partial charge is 0.258 e. The molecule has 1 aromatic carbocycles. The molecule has 0 atom stereocenters. The lowest BCUT2D eigenvalue weighted by Gasteiger charge is -2.11. The van der Waals surface area contributed by atoms with E-state index in [1.54, 1.807) is 38.1 Å². The second-order valence-corrected chi connectivity index (χ2v) is 6.18. The van der Waals surface area contributed by atoms with Gasteiger partial charge in [-0.3, -0.25) is 0 Å². The minimum Gasteiger partial charge on any atom is -0.221 e. The normalized spacial score (nSPS) is 11.5. The summed E-state index contributed by atoms with van der Waals surface area (Å²) in [7, 11) is -3.63. The summed E-state index contributed by atoms with van der Waals surface area (Å²) in [6.45, 7) is 3.50. The summed E-state index contributed by atoms with van der Waals surface area (Å²) >= 11 is 0. The van der Waals surface area contributed by atoms with Crippen molar-refractivity contribution in [3.05, 3.63) is 42.1 Å². The quantitative estimate of drug-likeness (QED) is 0.922. The Balaban J connectivity index is 2.45. The van der Waals surface area contributed by atoms with Crippen LogP contribution in [-0.4, -0.2) is 24.2 Å². The van der Waals surface area contributed by atoms with Gasteiger partial charge in [-0.1, -0.05) is 0 Å². The number of nitrogens with zero attached hydrogens (tertiary/aromatic N) is 3. The molecule has 2 aromatic rings. The fourth-order valence-electron chi connectivity index (χ4n) is 1.74. The van der Waals surface area contributed by atoms with E-state index in [-0.39, 0.29) is 11.1 Å². The first-order valence-electron chi connectivity index (χ1n) is 6.01. The van der Waals surface area contributed by atoms with Gasteiger partial charge in [-0.15, -0.1) is 0 Å². The van der Waals surface area contributed by atoms with E-state index < -0.39 is 10.0 Å². The van der Waals surface area contributed by atoms with E-state index >= 15 is 0 Å². The third-order valence-electron chi connectivity index (χ3n) is 2.52.